The Hall–Kier alpha value is -1.23. The molecule has 0 heterocycles. The zero-order valence-corrected chi connectivity index (χ0v) is 11.6. The Morgan fingerprint density at radius 2 is 1.53 bits per heavy atom. The molecule has 0 aliphatic carbocycles. The number of hydrogen-bond donors (Lipinski definition) is 2. The van der Waals surface area contributed by atoms with E-state index >= 15 is 0 Å². The van der Waals surface area contributed by atoms with Crippen LogP contribution in [-0.4, -0.2) is 21.2 Å². The second-order valence-corrected chi connectivity index (χ2v) is 7.11. The van der Waals surface area contributed by atoms with Gasteiger partial charge in [-0.3, -0.25) is 4.72 Å². The number of sulfonamides is 1. The molecule has 0 amide bonds. The van der Waals surface area contributed by atoms with Crippen LogP contribution >= 0.6 is 0 Å². The van der Waals surface area contributed by atoms with Crippen molar-refractivity contribution in [3.05, 3.63) is 24.3 Å². The van der Waals surface area contributed by atoms with Gasteiger partial charge in [0.25, 0.3) is 0 Å². The Balaban J connectivity index is 2.63. The Morgan fingerprint density at radius 1 is 1.06 bits per heavy atom. The number of benzene rings is 1. The predicted octanol–water partition coefficient (Wildman–Crippen LogP) is 2.52. The number of hydrogen-bond acceptors (Lipinski definition) is 3. The molecule has 0 saturated heterocycles. The van der Waals surface area contributed by atoms with Gasteiger partial charge in [0.1, 0.15) is 0 Å². The van der Waals surface area contributed by atoms with Crippen molar-refractivity contribution in [2.24, 2.45) is 5.41 Å². The molecule has 0 aliphatic rings. The van der Waals surface area contributed by atoms with Gasteiger partial charge in [-0.15, -0.1) is 0 Å². The first-order chi connectivity index (χ1) is 7.66. The summed E-state index contributed by atoms with van der Waals surface area (Å²) in [6, 6.07) is 7.20. The number of anilines is 2. The summed E-state index contributed by atoms with van der Waals surface area (Å²) in [7, 11) is -3.20. The van der Waals surface area contributed by atoms with Gasteiger partial charge in [-0.25, -0.2) is 8.42 Å². The molecule has 0 aliphatic heterocycles. The highest BCUT2D eigenvalue weighted by Crippen LogP contribution is 2.18. The quantitative estimate of drug-likeness (QED) is 0.870. The fourth-order valence-corrected chi connectivity index (χ4v) is 1.80. The summed E-state index contributed by atoms with van der Waals surface area (Å²) < 4.78 is 24.5. The monoisotopic (exact) mass is 256 g/mol. The van der Waals surface area contributed by atoms with Crippen LogP contribution in [0.3, 0.4) is 0 Å². The number of nitrogens with one attached hydrogen (secondary N) is 2. The molecule has 0 saturated carbocycles. The smallest absolute Gasteiger partial charge is 0.229 e. The summed E-state index contributed by atoms with van der Waals surface area (Å²) in [4.78, 5) is 0. The molecule has 0 radical (unpaired) electrons. The molecule has 1 aromatic rings. The maximum absolute atomic E-state index is 11.0. The second-order valence-electron chi connectivity index (χ2n) is 5.37. The lowest BCUT2D eigenvalue weighted by molar-refractivity contribution is 0.443. The molecule has 2 N–H and O–H groups in total. The first-order valence-corrected chi connectivity index (χ1v) is 7.37. The SMILES string of the molecule is CC(C)(C)CNc1ccc(NS(C)(=O)=O)cc1. The summed E-state index contributed by atoms with van der Waals surface area (Å²) >= 11 is 0. The second kappa shape index (κ2) is 4.96. The summed E-state index contributed by atoms with van der Waals surface area (Å²) in [5.41, 5.74) is 1.77. The lowest BCUT2D eigenvalue weighted by Gasteiger charge is -2.19. The van der Waals surface area contributed by atoms with Gasteiger partial charge < -0.3 is 5.32 Å². The molecule has 1 aromatic carbocycles. The van der Waals surface area contributed by atoms with Crippen molar-refractivity contribution in [2.45, 2.75) is 20.8 Å². The van der Waals surface area contributed by atoms with Crippen molar-refractivity contribution in [3.8, 4) is 0 Å². The van der Waals surface area contributed by atoms with Crippen LogP contribution < -0.4 is 10.0 Å². The summed E-state index contributed by atoms with van der Waals surface area (Å²) in [5, 5.41) is 3.30. The third-order valence-electron chi connectivity index (χ3n) is 2.01. The zero-order valence-electron chi connectivity index (χ0n) is 10.7. The summed E-state index contributed by atoms with van der Waals surface area (Å²) in [6.07, 6.45) is 1.14. The largest absolute Gasteiger partial charge is 0.385 e. The Kier molecular flexibility index (Phi) is 4.03. The van der Waals surface area contributed by atoms with Crippen LogP contribution in [-0.2, 0) is 10.0 Å². The molecule has 0 unspecified atom stereocenters. The van der Waals surface area contributed by atoms with E-state index in [1.165, 1.54) is 0 Å². The van der Waals surface area contributed by atoms with Crippen molar-refractivity contribution in [1.82, 2.24) is 0 Å². The molecular formula is C12H20N2O2S. The molecule has 0 spiro atoms. The molecule has 17 heavy (non-hydrogen) atoms. The van der Waals surface area contributed by atoms with Crippen molar-refractivity contribution < 1.29 is 8.42 Å². The molecular weight excluding hydrogens is 236 g/mol. The van der Waals surface area contributed by atoms with Gasteiger partial charge in [0.15, 0.2) is 0 Å². The Labute approximate surface area is 103 Å². The minimum Gasteiger partial charge on any atom is -0.385 e. The van der Waals surface area contributed by atoms with Crippen molar-refractivity contribution in [3.63, 3.8) is 0 Å². The minimum absolute atomic E-state index is 0.212. The normalized spacial score (nSPS) is 12.2. The minimum atomic E-state index is -3.20. The van der Waals surface area contributed by atoms with E-state index in [2.05, 4.69) is 30.8 Å². The van der Waals surface area contributed by atoms with E-state index < -0.39 is 10.0 Å². The van der Waals surface area contributed by atoms with Crippen LogP contribution in [0, 0.1) is 5.41 Å². The molecule has 4 nitrogen and oxygen atoms in total. The van der Waals surface area contributed by atoms with Gasteiger partial charge in [-0.1, -0.05) is 20.8 Å². The molecule has 96 valence electrons. The van der Waals surface area contributed by atoms with Gasteiger partial charge in [0.05, 0.1) is 6.26 Å². The standard InChI is InChI=1S/C12H20N2O2S/c1-12(2,3)9-13-10-5-7-11(8-6-10)14-17(4,15)16/h5-8,13-14H,9H2,1-4H3. The molecule has 0 atom stereocenters. The van der Waals surface area contributed by atoms with Crippen LogP contribution in [0.15, 0.2) is 24.3 Å². The van der Waals surface area contributed by atoms with Crippen molar-refractivity contribution in [1.29, 1.82) is 0 Å². The van der Waals surface area contributed by atoms with Crippen LogP contribution in [0.4, 0.5) is 11.4 Å². The zero-order chi connectivity index (χ0) is 13.1. The fraction of sp³-hybridized carbons (Fsp3) is 0.500. The van der Waals surface area contributed by atoms with Gasteiger partial charge in [0.2, 0.25) is 10.0 Å². The lowest BCUT2D eigenvalue weighted by atomic mass is 9.97. The van der Waals surface area contributed by atoms with E-state index in [9.17, 15) is 8.42 Å². The average Bonchev–Trinajstić information content (AvgIpc) is 2.13. The van der Waals surface area contributed by atoms with E-state index in [1.54, 1.807) is 12.1 Å². The molecule has 0 fully saturated rings. The van der Waals surface area contributed by atoms with Crippen LogP contribution in [0.5, 0.6) is 0 Å². The Bertz CT molecular complexity index is 458. The highest BCUT2D eigenvalue weighted by atomic mass is 32.2. The van der Waals surface area contributed by atoms with Crippen molar-refractivity contribution in [2.75, 3.05) is 22.8 Å². The average molecular weight is 256 g/mol. The van der Waals surface area contributed by atoms with Crippen molar-refractivity contribution >= 4 is 21.4 Å². The van der Waals surface area contributed by atoms with Crippen LogP contribution in [0.25, 0.3) is 0 Å². The fourth-order valence-electron chi connectivity index (χ4n) is 1.24. The summed E-state index contributed by atoms with van der Waals surface area (Å²) in [6.45, 7) is 7.32. The van der Waals surface area contributed by atoms with E-state index in [1.807, 2.05) is 12.1 Å². The maximum atomic E-state index is 11.0. The third kappa shape index (κ3) is 6.16. The predicted molar refractivity (Wildman–Crippen MR) is 72.9 cm³/mol. The van der Waals surface area contributed by atoms with Gasteiger partial charge in [-0.2, -0.15) is 0 Å². The number of rotatable bonds is 4. The van der Waals surface area contributed by atoms with Gasteiger partial charge in [-0.05, 0) is 29.7 Å². The highest BCUT2D eigenvalue weighted by Gasteiger charge is 2.09. The van der Waals surface area contributed by atoms with Crippen LogP contribution in [0.2, 0.25) is 0 Å². The molecule has 1 rings (SSSR count). The van der Waals surface area contributed by atoms with Gasteiger partial charge in [0, 0.05) is 17.9 Å². The lowest BCUT2D eigenvalue weighted by Crippen LogP contribution is -2.18. The van der Waals surface area contributed by atoms with Crippen LogP contribution in [0.1, 0.15) is 20.8 Å². The van der Waals surface area contributed by atoms with E-state index in [0.29, 0.717) is 5.69 Å². The molecule has 0 bridgehead atoms. The topological polar surface area (TPSA) is 58.2 Å². The molecule has 5 heteroatoms. The Morgan fingerprint density at radius 3 is 1.94 bits per heavy atom. The maximum Gasteiger partial charge on any atom is 0.229 e. The summed E-state index contributed by atoms with van der Waals surface area (Å²) in [5.74, 6) is 0. The third-order valence-corrected chi connectivity index (χ3v) is 2.62. The first kappa shape index (κ1) is 13.8. The van der Waals surface area contributed by atoms with Gasteiger partial charge >= 0.3 is 0 Å². The van der Waals surface area contributed by atoms with E-state index in [0.717, 1.165) is 18.5 Å². The first-order valence-electron chi connectivity index (χ1n) is 5.47. The molecule has 0 aromatic heterocycles. The van der Waals surface area contributed by atoms with E-state index in [4.69, 9.17) is 0 Å². The highest BCUT2D eigenvalue weighted by molar-refractivity contribution is 7.92. The van der Waals surface area contributed by atoms with E-state index in [-0.39, 0.29) is 5.41 Å².